The van der Waals surface area contributed by atoms with Crippen LogP contribution in [0.2, 0.25) is 0 Å². The van der Waals surface area contributed by atoms with Gasteiger partial charge in [-0.3, -0.25) is 14.8 Å². The highest BCUT2D eigenvalue weighted by Crippen LogP contribution is 2.38. The fourth-order valence-corrected chi connectivity index (χ4v) is 4.32. The standard InChI is InChI=1S/C20H20N6O2/c1-26-15-9-11(22-19-18-14(23-24-19)3-2-8-21-18)4-6-13(15)20(25-26)28-17-10-12-5-7-16(17)27-12/h2-4,6,8-9,12,16-17H,5,7,10H2,1H3,(H2,22,23,24). The van der Waals surface area contributed by atoms with Gasteiger partial charge in [0.15, 0.2) is 5.82 Å². The molecule has 28 heavy (non-hydrogen) atoms. The molecule has 0 spiro atoms. The number of pyridine rings is 1. The zero-order chi connectivity index (χ0) is 18.7. The first-order valence-corrected chi connectivity index (χ1v) is 9.59. The van der Waals surface area contributed by atoms with Crippen LogP contribution in [0.4, 0.5) is 11.5 Å². The van der Waals surface area contributed by atoms with E-state index in [1.54, 1.807) is 6.20 Å². The summed E-state index contributed by atoms with van der Waals surface area (Å²) in [6.07, 6.45) is 5.63. The molecule has 2 N–H and O–H groups in total. The van der Waals surface area contributed by atoms with Crippen molar-refractivity contribution in [3.05, 3.63) is 36.5 Å². The summed E-state index contributed by atoms with van der Waals surface area (Å²) < 4.78 is 14.0. The SMILES string of the molecule is Cn1nc(OC2CC3CCC2O3)c2ccc(Nc3n[nH]c4cccnc34)cc21. The summed E-state index contributed by atoms with van der Waals surface area (Å²) in [5, 5.41) is 16.3. The molecular weight excluding hydrogens is 356 g/mol. The van der Waals surface area contributed by atoms with Crippen molar-refractivity contribution in [2.75, 3.05) is 5.32 Å². The third kappa shape index (κ3) is 2.45. The Morgan fingerprint density at radius 2 is 2.25 bits per heavy atom. The van der Waals surface area contributed by atoms with Crippen LogP contribution >= 0.6 is 0 Å². The average Bonchev–Trinajstić information content (AvgIpc) is 3.48. The number of aromatic amines is 1. The van der Waals surface area contributed by atoms with Crippen molar-refractivity contribution in [3.63, 3.8) is 0 Å². The second-order valence-electron chi connectivity index (χ2n) is 7.52. The van der Waals surface area contributed by atoms with Gasteiger partial charge < -0.3 is 14.8 Å². The molecule has 0 aliphatic carbocycles. The number of H-pyrrole nitrogens is 1. The van der Waals surface area contributed by atoms with Gasteiger partial charge in [-0.25, -0.2) is 0 Å². The number of fused-ring (bicyclic) bond motifs is 4. The summed E-state index contributed by atoms with van der Waals surface area (Å²) in [6.45, 7) is 0. The van der Waals surface area contributed by atoms with Gasteiger partial charge in [0, 0.05) is 25.4 Å². The molecule has 142 valence electrons. The first-order valence-electron chi connectivity index (χ1n) is 9.59. The molecule has 8 nitrogen and oxygen atoms in total. The topological polar surface area (TPSA) is 89.9 Å². The van der Waals surface area contributed by atoms with Gasteiger partial charge in [0.2, 0.25) is 5.88 Å². The van der Waals surface area contributed by atoms with E-state index in [9.17, 15) is 0 Å². The van der Waals surface area contributed by atoms with E-state index in [1.165, 1.54) is 0 Å². The Kier molecular flexibility index (Phi) is 3.37. The molecule has 3 atom stereocenters. The first-order chi connectivity index (χ1) is 13.7. The highest BCUT2D eigenvalue weighted by Gasteiger charge is 2.42. The van der Waals surface area contributed by atoms with E-state index in [1.807, 2.05) is 36.0 Å². The van der Waals surface area contributed by atoms with E-state index in [2.05, 4.69) is 31.7 Å². The van der Waals surface area contributed by atoms with Crippen molar-refractivity contribution < 1.29 is 9.47 Å². The lowest BCUT2D eigenvalue weighted by Crippen LogP contribution is -2.28. The van der Waals surface area contributed by atoms with Gasteiger partial charge in [0.1, 0.15) is 11.6 Å². The number of hydrogen-bond donors (Lipinski definition) is 2. The summed E-state index contributed by atoms with van der Waals surface area (Å²) in [7, 11) is 1.93. The summed E-state index contributed by atoms with van der Waals surface area (Å²) in [5.41, 5.74) is 3.63. The van der Waals surface area contributed by atoms with Crippen LogP contribution in [0, 0.1) is 0 Å². The van der Waals surface area contributed by atoms with Crippen LogP contribution in [-0.2, 0) is 11.8 Å². The van der Waals surface area contributed by atoms with E-state index in [0.717, 1.165) is 46.9 Å². The van der Waals surface area contributed by atoms with Crippen LogP contribution in [-0.4, -0.2) is 43.3 Å². The van der Waals surface area contributed by atoms with Crippen LogP contribution in [0.3, 0.4) is 0 Å². The highest BCUT2D eigenvalue weighted by molar-refractivity contribution is 5.91. The van der Waals surface area contributed by atoms with Gasteiger partial charge in [-0.15, -0.1) is 5.10 Å². The molecule has 0 amide bonds. The third-order valence-electron chi connectivity index (χ3n) is 5.71. The molecule has 3 unspecified atom stereocenters. The fourth-order valence-electron chi connectivity index (χ4n) is 4.32. The predicted octanol–water partition coefficient (Wildman–Crippen LogP) is 3.29. The summed E-state index contributed by atoms with van der Waals surface area (Å²) >= 11 is 0. The lowest BCUT2D eigenvalue weighted by Gasteiger charge is -2.18. The van der Waals surface area contributed by atoms with E-state index < -0.39 is 0 Å². The van der Waals surface area contributed by atoms with Crippen LogP contribution in [0.5, 0.6) is 5.88 Å². The van der Waals surface area contributed by atoms with Crippen LogP contribution in [0.15, 0.2) is 36.5 Å². The van der Waals surface area contributed by atoms with Crippen LogP contribution < -0.4 is 10.1 Å². The third-order valence-corrected chi connectivity index (χ3v) is 5.71. The van der Waals surface area contributed by atoms with Gasteiger partial charge >= 0.3 is 0 Å². The summed E-state index contributed by atoms with van der Waals surface area (Å²) in [4.78, 5) is 4.39. The average molecular weight is 376 g/mol. The monoisotopic (exact) mass is 376 g/mol. The molecule has 4 aromatic rings. The molecule has 2 saturated heterocycles. The maximum absolute atomic E-state index is 6.24. The Hall–Kier alpha value is -3.13. The van der Waals surface area contributed by atoms with Gasteiger partial charge in [-0.1, -0.05) is 0 Å². The molecule has 1 aromatic carbocycles. The lowest BCUT2D eigenvalue weighted by molar-refractivity contribution is 0.0625. The van der Waals surface area contributed by atoms with Crippen molar-refractivity contribution >= 4 is 33.4 Å². The number of aromatic nitrogens is 5. The summed E-state index contributed by atoms with van der Waals surface area (Å²) in [5.74, 6) is 1.38. The summed E-state index contributed by atoms with van der Waals surface area (Å²) in [6, 6.07) is 9.94. The Labute approximate surface area is 160 Å². The van der Waals surface area contributed by atoms with Gasteiger partial charge in [0.05, 0.1) is 28.6 Å². The molecule has 3 aromatic heterocycles. The molecule has 5 heterocycles. The molecule has 2 bridgehead atoms. The Morgan fingerprint density at radius 1 is 1.29 bits per heavy atom. The van der Waals surface area contributed by atoms with Crippen molar-refractivity contribution in [1.29, 1.82) is 0 Å². The molecule has 2 aliphatic rings. The molecule has 2 aliphatic heterocycles. The Balaban J connectivity index is 1.30. The number of nitrogens with zero attached hydrogens (tertiary/aromatic N) is 4. The maximum Gasteiger partial charge on any atom is 0.241 e. The van der Waals surface area contributed by atoms with E-state index in [0.29, 0.717) is 17.8 Å². The Bertz CT molecular complexity index is 1180. The van der Waals surface area contributed by atoms with Crippen molar-refractivity contribution in [2.24, 2.45) is 7.05 Å². The van der Waals surface area contributed by atoms with Gasteiger partial charge in [-0.2, -0.15) is 5.10 Å². The molecule has 0 saturated carbocycles. The smallest absolute Gasteiger partial charge is 0.241 e. The van der Waals surface area contributed by atoms with E-state index in [4.69, 9.17) is 9.47 Å². The van der Waals surface area contributed by atoms with Crippen molar-refractivity contribution in [1.82, 2.24) is 25.0 Å². The minimum absolute atomic E-state index is 0.108. The van der Waals surface area contributed by atoms with Crippen LogP contribution in [0.25, 0.3) is 21.9 Å². The number of hydrogen-bond acceptors (Lipinski definition) is 6. The lowest BCUT2D eigenvalue weighted by atomic mass is 9.98. The molecular formula is C20H20N6O2. The molecule has 6 rings (SSSR count). The van der Waals surface area contributed by atoms with Gasteiger partial charge in [-0.05, 0) is 43.2 Å². The second-order valence-corrected chi connectivity index (χ2v) is 7.52. The maximum atomic E-state index is 6.24. The fraction of sp³-hybridized carbons (Fsp3) is 0.350. The predicted molar refractivity (Wildman–Crippen MR) is 105 cm³/mol. The van der Waals surface area contributed by atoms with E-state index in [-0.39, 0.29) is 12.2 Å². The van der Waals surface area contributed by atoms with Gasteiger partial charge in [0.25, 0.3) is 0 Å². The van der Waals surface area contributed by atoms with Crippen molar-refractivity contribution in [2.45, 2.75) is 37.6 Å². The zero-order valence-electron chi connectivity index (χ0n) is 15.4. The molecule has 2 fully saturated rings. The highest BCUT2D eigenvalue weighted by atomic mass is 16.6. The zero-order valence-corrected chi connectivity index (χ0v) is 15.4. The number of rotatable bonds is 4. The molecule has 8 heteroatoms. The number of benzene rings is 1. The second kappa shape index (κ2) is 5.93. The quantitative estimate of drug-likeness (QED) is 0.568. The normalized spacial score (nSPS) is 23.7. The number of nitrogens with one attached hydrogen (secondary N) is 2. The minimum Gasteiger partial charge on any atom is -0.470 e. The number of ether oxygens (including phenoxy) is 2. The number of anilines is 2. The number of aryl methyl sites for hydroxylation is 1. The largest absolute Gasteiger partial charge is 0.470 e. The van der Waals surface area contributed by atoms with Crippen molar-refractivity contribution in [3.8, 4) is 5.88 Å². The van der Waals surface area contributed by atoms with E-state index >= 15 is 0 Å². The minimum atomic E-state index is 0.108. The molecule has 0 radical (unpaired) electrons. The Morgan fingerprint density at radius 3 is 3.11 bits per heavy atom. The first kappa shape index (κ1) is 15.9. The van der Waals surface area contributed by atoms with Crippen LogP contribution in [0.1, 0.15) is 19.3 Å².